The van der Waals surface area contributed by atoms with E-state index in [0.29, 0.717) is 0 Å². The number of hydrogen-bond donors (Lipinski definition) is 1. The van der Waals surface area contributed by atoms with E-state index in [9.17, 15) is 4.79 Å². The van der Waals surface area contributed by atoms with Crippen molar-refractivity contribution >= 4 is 58.8 Å². The summed E-state index contributed by atoms with van der Waals surface area (Å²) in [6.45, 7) is 21.2. The van der Waals surface area contributed by atoms with Crippen LogP contribution in [0.3, 0.4) is 0 Å². The third-order valence-corrected chi connectivity index (χ3v) is 12.1. The maximum Gasteiger partial charge on any atom is 3.00 e. The van der Waals surface area contributed by atoms with Gasteiger partial charge in [-0.3, -0.25) is 9.36 Å². The first-order chi connectivity index (χ1) is 22.6. The topological polar surface area (TPSA) is 80.6 Å². The van der Waals surface area contributed by atoms with Gasteiger partial charge in [0.15, 0.2) is 0 Å². The molecule has 2 fully saturated rings. The molecule has 6 rings (SSSR count). The first-order valence-electron chi connectivity index (χ1n) is 17.3. The van der Waals surface area contributed by atoms with Gasteiger partial charge in [-0.15, -0.1) is 0 Å². The Bertz CT molecular complexity index is 1470. The summed E-state index contributed by atoms with van der Waals surface area (Å²) >= 11 is 4.19. The number of nitrogens with zero attached hydrogens (tertiary/aromatic N) is 3. The maximum atomic E-state index is 12.7. The normalized spacial score (nSPS) is 14.6. The van der Waals surface area contributed by atoms with Crippen LogP contribution < -0.4 is 5.57 Å². The number of H-pyrrole nitrogens is 1. The van der Waals surface area contributed by atoms with Gasteiger partial charge in [-0.25, -0.2) is 9.97 Å². The van der Waals surface area contributed by atoms with Crippen molar-refractivity contribution in [2.75, 3.05) is 0 Å². The molecule has 0 saturated heterocycles. The van der Waals surface area contributed by atoms with Gasteiger partial charge in [-0.2, -0.15) is 18.6 Å². The van der Waals surface area contributed by atoms with Gasteiger partial charge in [-0.05, 0) is 119 Å². The summed E-state index contributed by atoms with van der Waals surface area (Å²) < 4.78 is 2.00. The number of nitrogens with one attached hydrogen (secondary N) is 1. The van der Waals surface area contributed by atoms with Crippen LogP contribution in [0.15, 0.2) is 30.6 Å². The molecule has 0 bridgehead atoms. The predicted octanol–water partition coefficient (Wildman–Crippen LogP) is 11.0. The molecule has 2 aromatic heterocycles. The van der Waals surface area contributed by atoms with Crippen molar-refractivity contribution in [2.45, 2.75) is 137 Å². The van der Waals surface area contributed by atoms with Crippen LogP contribution in [0.25, 0.3) is 22.1 Å². The summed E-state index contributed by atoms with van der Waals surface area (Å²) in [5, 5.41) is 0. The number of carbonyl (C=O) groups is 1. The van der Waals surface area contributed by atoms with E-state index in [1.807, 2.05) is 18.4 Å². The smallest absolute Gasteiger partial charge is 0.525 e. The molecule has 0 unspecified atom stereocenters. The fourth-order valence-electron chi connectivity index (χ4n) is 6.34. The second kappa shape index (κ2) is 23.4. The van der Waals surface area contributed by atoms with Crippen LogP contribution in [0.4, 0.5) is 0 Å². The molecule has 2 aliphatic rings. The largest absolute Gasteiger partial charge is 3.00 e. The van der Waals surface area contributed by atoms with Crippen LogP contribution in [0.5, 0.6) is 0 Å². The van der Waals surface area contributed by atoms with Crippen LogP contribution in [0, 0.1) is 41.5 Å². The summed E-state index contributed by atoms with van der Waals surface area (Å²) in [6, 6.07) is 8.58. The van der Waals surface area contributed by atoms with E-state index in [0.717, 1.165) is 57.5 Å². The number of fused-ring (bicyclic) bond motifs is 2. The Morgan fingerprint density at radius 2 is 1.27 bits per heavy atom. The molecule has 0 spiro atoms. The number of halogens is 1. The fraction of sp³-hybridized carbons (Fsp3) is 0.538. The third kappa shape index (κ3) is 12.7. The summed E-state index contributed by atoms with van der Waals surface area (Å²) in [7, 11) is -0.380. The molecule has 0 atom stereocenters. The second-order valence-corrected chi connectivity index (χ2v) is 15.4. The molecular formula is C39H57ClN4NiO2P. The van der Waals surface area contributed by atoms with E-state index in [2.05, 4.69) is 87.4 Å². The zero-order chi connectivity index (χ0) is 34.9. The number of rotatable bonds is 3. The van der Waals surface area contributed by atoms with Gasteiger partial charge < -0.3 is 35.2 Å². The summed E-state index contributed by atoms with van der Waals surface area (Å²) in [5.74, 6) is 1.11. The summed E-state index contributed by atoms with van der Waals surface area (Å²) in [4.78, 5) is 33.6. The van der Waals surface area contributed by atoms with Gasteiger partial charge >= 0.3 is 16.5 Å². The minimum atomic E-state index is -0.380. The Kier molecular flexibility index (Phi) is 21.4. The molecule has 1 N–H and O–H groups in total. The Morgan fingerprint density at radius 1 is 0.854 bits per heavy atom. The predicted molar refractivity (Wildman–Crippen MR) is 204 cm³/mol. The monoisotopic (exact) mass is 737 g/mol. The van der Waals surface area contributed by atoms with Gasteiger partial charge in [0.25, 0.3) is 0 Å². The SMILES string of the molecule is CC(=O)n1c(P(C2CCCCC2)C2CCCCC2)nc2cc(C)c(C)cc21.Cc1cc2nc[nH]c2cc1C.O=[C-]Cl.[CH2-]CC.[CH2-]CC.[Ni+3]. The van der Waals surface area contributed by atoms with Crippen molar-refractivity contribution < 1.29 is 26.1 Å². The molecule has 2 saturated carbocycles. The number of carbonyl (C=O) groups excluding carboxylic acids is 2. The quantitative estimate of drug-likeness (QED) is 0.0982. The summed E-state index contributed by atoms with van der Waals surface area (Å²) in [5.41, 5.74) is 12.0. The average molecular weight is 739 g/mol. The van der Waals surface area contributed by atoms with Gasteiger partial charge in [-0.1, -0.05) is 52.4 Å². The van der Waals surface area contributed by atoms with Crippen LogP contribution in [-0.2, 0) is 21.3 Å². The number of hydrogen-bond acceptors (Lipinski definition) is 4. The average Bonchev–Trinajstić information content (AvgIpc) is 3.64. The third-order valence-electron chi connectivity index (χ3n) is 8.77. The first-order valence-corrected chi connectivity index (χ1v) is 19.2. The van der Waals surface area contributed by atoms with Crippen molar-refractivity contribution in [3.05, 3.63) is 66.7 Å². The van der Waals surface area contributed by atoms with Crippen molar-refractivity contribution in [1.82, 2.24) is 19.5 Å². The number of aryl methyl sites for hydroxylation is 4. The molecule has 0 amide bonds. The van der Waals surface area contributed by atoms with E-state index in [4.69, 9.17) is 9.78 Å². The van der Waals surface area contributed by atoms with E-state index in [-0.39, 0.29) is 30.3 Å². The van der Waals surface area contributed by atoms with E-state index in [1.54, 1.807) is 13.3 Å². The fourth-order valence-corrected chi connectivity index (χ4v) is 10.1. The van der Waals surface area contributed by atoms with Crippen LogP contribution >= 0.6 is 19.5 Å². The van der Waals surface area contributed by atoms with Gasteiger partial charge in [0.05, 0.1) is 28.4 Å². The molecule has 4 aromatic rings. The van der Waals surface area contributed by atoms with E-state index in [1.165, 1.54) is 86.5 Å². The standard InChI is InChI=1S/C23H33N2OP.C9H10N2.2C3H7.CClO.Ni/c1-16-14-21-22(15-17(16)2)25(18(3)26)23(24-21)27(19-10-6-4-7-11-19)20-12-8-5-9-13-20;1-6-3-8-9(4-7(6)2)11-5-10-8;2*1-3-2;2-1-3;/h14-15,19-20H,4-13H2,1-3H3;3-5H,1-2H3,(H,10,11);2*1,3H2,2H3;;/q;;3*-1;+3. The van der Waals surface area contributed by atoms with Crippen LogP contribution in [0.2, 0.25) is 0 Å². The Morgan fingerprint density at radius 3 is 1.73 bits per heavy atom. The van der Waals surface area contributed by atoms with Crippen LogP contribution in [0.1, 0.15) is 125 Å². The Balaban J connectivity index is 0.000000453. The zero-order valence-electron chi connectivity index (χ0n) is 30.2. The molecule has 48 heavy (non-hydrogen) atoms. The molecule has 2 heterocycles. The number of aromatic amines is 1. The molecule has 1 radical (unpaired) electrons. The molecule has 2 aromatic carbocycles. The molecule has 0 aliphatic heterocycles. The maximum absolute atomic E-state index is 12.7. The Hall–Kier alpha value is -2.07. The molecule has 6 nitrogen and oxygen atoms in total. The van der Waals surface area contributed by atoms with Crippen molar-refractivity contribution in [3.63, 3.8) is 0 Å². The van der Waals surface area contributed by atoms with Gasteiger partial charge in [0, 0.05) is 6.92 Å². The Labute approximate surface area is 306 Å². The van der Waals surface area contributed by atoms with Crippen LogP contribution in [-0.4, -0.2) is 42.5 Å². The molecule has 9 heteroatoms. The number of aromatic nitrogens is 4. The molecule has 2 aliphatic carbocycles. The van der Waals surface area contributed by atoms with E-state index < -0.39 is 0 Å². The zero-order valence-corrected chi connectivity index (χ0v) is 32.9. The minimum Gasteiger partial charge on any atom is -0.525 e. The number of imidazole rings is 2. The molecular weight excluding hydrogens is 682 g/mol. The number of benzene rings is 2. The molecule has 267 valence electrons. The van der Waals surface area contributed by atoms with Crippen molar-refractivity contribution in [2.24, 2.45) is 0 Å². The van der Waals surface area contributed by atoms with Gasteiger partial charge in [0.1, 0.15) is 5.57 Å². The van der Waals surface area contributed by atoms with E-state index >= 15 is 0 Å². The van der Waals surface area contributed by atoms with Crippen molar-refractivity contribution in [3.8, 4) is 0 Å². The van der Waals surface area contributed by atoms with Gasteiger partial charge in [0.2, 0.25) is 5.91 Å². The summed E-state index contributed by atoms with van der Waals surface area (Å²) in [6.07, 6.45) is 17.2. The second-order valence-electron chi connectivity index (χ2n) is 12.6. The van der Waals surface area contributed by atoms with Crippen molar-refractivity contribution in [1.29, 1.82) is 0 Å². The minimum absolute atomic E-state index is 0. The first kappa shape index (κ1) is 44.0.